The van der Waals surface area contributed by atoms with E-state index in [-0.39, 0.29) is 12.1 Å². The Labute approximate surface area is 183 Å². The van der Waals surface area contributed by atoms with E-state index in [0.29, 0.717) is 22.3 Å². The number of nitrogens with one attached hydrogen (secondary N) is 1. The monoisotopic (exact) mass is 431 g/mol. The van der Waals surface area contributed by atoms with Crippen molar-refractivity contribution >= 4 is 28.6 Å². The lowest BCUT2D eigenvalue weighted by Crippen LogP contribution is -2.27. The van der Waals surface area contributed by atoms with Crippen LogP contribution in [0.1, 0.15) is 21.5 Å². The highest BCUT2D eigenvalue weighted by molar-refractivity contribution is 5.93. The molecule has 0 bridgehead atoms. The second-order valence-corrected chi connectivity index (χ2v) is 7.36. The zero-order valence-electron chi connectivity index (χ0n) is 17.8. The van der Waals surface area contributed by atoms with Crippen molar-refractivity contribution in [3.05, 3.63) is 82.0 Å². The summed E-state index contributed by atoms with van der Waals surface area (Å²) in [5.74, 6) is -0.865. The van der Waals surface area contributed by atoms with Crippen molar-refractivity contribution in [2.24, 2.45) is 0 Å². The zero-order chi connectivity index (χ0) is 22.8. The van der Waals surface area contributed by atoms with Crippen LogP contribution in [0.25, 0.3) is 16.7 Å². The fourth-order valence-electron chi connectivity index (χ4n) is 3.27. The number of methoxy groups -OCH3 is 1. The molecule has 0 unspecified atom stereocenters. The van der Waals surface area contributed by atoms with Crippen molar-refractivity contribution in [1.29, 1.82) is 0 Å². The van der Waals surface area contributed by atoms with E-state index in [1.165, 1.54) is 24.2 Å². The molecule has 0 aliphatic rings. The number of aromatic nitrogens is 4. The van der Waals surface area contributed by atoms with Gasteiger partial charge in [-0.15, -0.1) is 0 Å². The molecule has 9 heteroatoms. The maximum atomic E-state index is 12.9. The molecule has 0 atom stereocenters. The second-order valence-electron chi connectivity index (χ2n) is 7.36. The normalized spacial score (nSPS) is 10.8. The van der Waals surface area contributed by atoms with Crippen molar-refractivity contribution in [1.82, 2.24) is 19.3 Å². The van der Waals surface area contributed by atoms with Gasteiger partial charge in [-0.2, -0.15) is 5.10 Å². The van der Waals surface area contributed by atoms with Gasteiger partial charge in [0.15, 0.2) is 5.65 Å². The number of carbonyl (C=O) groups is 2. The van der Waals surface area contributed by atoms with Crippen molar-refractivity contribution in [3.63, 3.8) is 0 Å². The van der Waals surface area contributed by atoms with Crippen LogP contribution in [0, 0.1) is 13.8 Å². The average Bonchev–Trinajstić information content (AvgIpc) is 3.22. The molecule has 4 rings (SSSR count). The number of benzene rings is 2. The molecule has 0 saturated heterocycles. The third-order valence-corrected chi connectivity index (χ3v) is 5.19. The van der Waals surface area contributed by atoms with E-state index in [1.807, 2.05) is 32.0 Å². The fraction of sp³-hybridized carbons (Fsp3) is 0.174. The summed E-state index contributed by atoms with van der Waals surface area (Å²) in [4.78, 5) is 41.2. The van der Waals surface area contributed by atoms with Crippen LogP contribution in [-0.4, -0.2) is 38.3 Å². The van der Waals surface area contributed by atoms with Gasteiger partial charge >= 0.3 is 5.97 Å². The number of rotatable bonds is 5. The molecule has 0 saturated carbocycles. The predicted octanol–water partition coefficient (Wildman–Crippen LogP) is 2.62. The minimum absolute atomic E-state index is 0.213. The summed E-state index contributed by atoms with van der Waals surface area (Å²) in [5, 5.41) is 7.33. The van der Waals surface area contributed by atoms with E-state index in [9.17, 15) is 14.4 Å². The van der Waals surface area contributed by atoms with Crippen LogP contribution in [0.2, 0.25) is 0 Å². The topological polar surface area (TPSA) is 108 Å². The molecule has 2 aromatic carbocycles. The highest BCUT2D eigenvalue weighted by atomic mass is 16.5. The number of ether oxygens (including phenoxy) is 1. The first-order valence-electron chi connectivity index (χ1n) is 9.86. The highest BCUT2D eigenvalue weighted by Crippen LogP contribution is 2.17. The van der Waals surface area contributed by atoms with E-state index in [0.717, 1.165) is 16.8 Å². The van der Waals surface area contributed by atoms with Gasteiger partial charge in [0.25, 0.3) is 5.56 Å². The quantitative estimate of drug-likeness (QED) is 0.487. The van der Waals surface area contributed by atoms with E-state index in [1.54, 1.807) is 28.9 Å². The standard InChI is InChI=1S/C23H21N5O4/c1-14-4-9-18(10-15(14)2)28-21-19(11-25-28)22(30)27(13-24-21)12-20(29)26-17-7-5-16(6-8-17)23(31)32-3/h4-11,13H,12H2,1-3H3,(H,26,29). The molecule has 32 heavy (non-hydrogen) atoms. The van der Waals surface area contributed by atoms with Gasteiger partial charge in [0, 0.05) is 5.69 Å². The van der Waals surface area contributed by atoms with E-state index in [4.69, 9.17) is 0 Å². The number of hydrogen-bond donors (Lipinski definition) is 1. The SMILES string of the molecule is COC(=O)c1ccc(NC(=O)Cn2cnc3c(cnn3-c3ccc(C)c(C)c3)c2=O)cc1. The Morgan fingerprint density at radius 2 is 1.81 bits per heavy atom. The number of aryl methyl sites for hydroxylation is 2. The Hall–Kier alpha value is -4.27. The van der Waals surface area contributed by atoms with Gasteiger partial charge in [0.2, 0.25) is 5.91 Å². The Balaban J connectivity index is 1.54. The Bertz CT molecular complexity index is 1390. The van der Waals surface area contributed by atoms with Gasteiger partial charge in [0.05, 0.1) is 24.6 Å². The Morgan fingerprint density at radius 1 is 1.06 bits per heavy atom. The molecule has 0 fully saturated rings. The highest BCUT2D eigenvalue weighted by Gasteiger charge is 2.14. The summed E-state index contributed by atoms with van der Waals surface area (Å²) in [6, 6.07) is 12.1. The van der Waals surface area contributed by atoms with Gasteiger partial charge in [-0.1, -0.05) is 6.07 Å². The van der Waals surface area contributed by atoms with Crippen LogP contribution < -0.4 is 10.9 Å². The van der Waals surface area contributed by atoms with Crippen LogP contribution in [0.3, 0.4) is 0 Å². The number of carbonyl (C=O) groups excluding carboxylic acids is 2. The maximum absolute atomic E-state index is 12.9. The summed E-state index contributed by atoms with van der Waals surface area (Å²) in [5.41, 5.74) is 4.00. The van der Waals surface area contributed by atoms with Crippen LogP contribution in [0.5, 0.6) is 0 Å². The zero-order valence-corrected chi connectivity index (χ0v) is 17.8. The third-order valence-electron chi connectivity index (χ3n) is 5.19. The lowest BCUT2D eigenvalue weighted by atomic mass is 10.1. The summed E-state index contributed by atoms with van der Waals surface area (Å²) in [7, 11) is 1.30. The Morgan fingerprint density at radius 3 is 2.50 bits per heavy atom. The number of nitrogens with zero attached hydrogens (tertiary/aromatic N) is 4. The third kappa shape index (κ3) is 4.00. The van der Waals surface area contributed by atoms with Crippen LogP contribution >= 0.6 is 0 Å². The smallest absolute Gasteiger partial charge is 0.337 e. The first-order chi connectivity index (χ1) is 15.4. The molecule has 4 aromatic rings. The van der Waals surface area contributed by atoms with Crippen molar-refractivity contribution in [3.8, 4) is 5.69 Å². The number of fused-ring (bicyclic) bond motifs is 1. The lowest BCUT2D eigenvalue weighted by Gasteiger charge is -2.09. The number of amides is 1. The summed E-state index contributed by atoms with van der Waals surface area (Å²) in [6.45, 7) is 3.82. The molecule has 162 valence electrons. The predicted molar refractivity (Wildman–Crippen MR) is 119 cm³/mol. The summed E-state index contributed by atoms with van der Waals surface area (Å²) in [6.07, 6.45) is 2.80. The van der Waals surface area contributed by atoms with Gasteiger partial charge in [0.1, 0.15) is 18.3 Å². The maximum Gasteiger partial charge on any atom is 0.337 e. The number of hydrogen-bond acceptors (Lipinski definition) is 6. The minimum atomic E-state index is -0.463. The molecule has 0 aliphatic carbocycles. The molecule has 9 nitrogen and oxygen atoms in total. The molecule has 1 N–H and O–H groups in total. The lowest BCUT2D eigenvalue weighted by molar-refractivity contribution is -0.116. The summed E-state index contributed by atoms with van der Waals surface area (Å²) >= 11 is 0. The van der Waals surface area contributed by atoms with Gasteiger partial charge in [-0.3, -0.25) is 14.2 Å². The van der Waals surface area contributed by atoms with Crippen LogP contribution in [-0.2, 0) is 16.1 Å². The van der Waals surface area contributed by atoms with Crippen LogP contribution in [0.15, 0.2) is 59.8 Å². The molecule has 0 radical (unpaired) electrons. The Kier molecular flexibility index (Phi) is 5.55. The molecular formula is C23H21N5O4. The van der Waals surface area contributed by atoms with Crippen LogP contribution in [0.4, 0.5) is 5.69 Å². The molecule has 0 aliphatic heterocycles. The van der Waals surface area contributed by atoms with Crippen molar-refractivity contribution in [2.45, 2.75) is 20.4 Å². The number of anilines is 1. The van der Waals surface area contributed by atoms with Gasteiger partial charge in [-0.05, 0) is 61.4 Å². The molecular weight excluding hydrogens is 410 g/mol. The minimum Gasteiger partial charge on any atom is -0.465 e. The summed E-state index contributed by atoms with van der Waals surface area (Å²) < 4.78 is 7.48. The number of esters is 1. The van der Waals surface area contributed by atoms with Crippen molar-refractivity contribution in [2.75, 3.05) is 12.4 Å². The molecule has 2 aromatic heterocycles. The second kappa shape index (κ2) is 8.46. The molecule has 1 amide bonds. The van der Waals surface area contributed by atoms with Gasteiger partial charge in [-0.25, -0.2) is 14.5 Å². The van der Waals surface area contributed by atoms with E-state index in [2.05, 4.69) is 20.1 Å². The van der Waals surface area contributed by atoms with Gasteiger partial charge < -0.3 is 10.1 Å². The van der Waals surface area contributed by atoms with E-state index < -0.39 is 11.9 Å². The molecule has 0 spiro atoms. The van der Waals surface area contributed by atoms with Crippen molar-refractivity contribution < 1.29 is 14.3 Å². The fourth-order valence-corrected chi connectivity index (χ4v) is 3.27. The van der Waals surface area contributed by atoms with E-state index >= 15 is 0 Å². The largest absolute Gasteiger partial charge is 0.465 e. The average molecular weight is 431 g/mol. The molecule has 2 heterocycles. The first-order valence-corrected chi connectivity index (χ1v) is 9.86. The first kappa shape index (κ1) is 21.0.